The van der Waals surface area contributed by atoms with Crippen LogP contribution in [0.5, 0.6) is 0 Å². The highest BCUT2D eigenvalue weighted by molar-refractivity contribution is 7.51. The van der Waals surface area contributed by atoms with Gasteiger partial charge in [-0.1, -0.05) is 90.4 Å². The summed E-state index contributed by atoms with van der Waals surface area (Å²) in [5, 5.41) is 0. The molecule has 1 rings (SSSR count). The Morgan fingerprint density at radius 1 is 0.611 bits per heavy atom. The van der Waals surface area contributed by atoms with E-state index < -0.39 is 7.75 Å². The number of quaternary nitrogens is 1. The molecule has 0 aliphatic carbocycles. The standard InChI is InChI=1S/C28H60N2O5P/c1-3-4-5-6-7-8-9-10-11-12-13-14-15-19-23-32-25-26-33-27-28-35-36(29,31)34-24-22-30(2)20-17-16-18-21-30/h3-28H2,1-2H3,(H2,29,31)/q+1. The summed E-state index contributed by atoms with van der Waals surface area (Å²) in [7, 11) is -1.28. The van der Waals surface area contributed by atoms with Gasteiger partial charge in [-0.15, -0.1) is 0 Å². The Balaban J connectivity index is 1.77. The molecule has 1 saturated heterocycles. The van der Waals surface area contributed by atoms with Crippen molar-refractivity contribution in [2.45, 2.75) is 116 Å². The molecule has 1 atom stereocenters. The predicted molar refractivity (Wildman–Crippen MR) is 150 cm³/mol. The molecular formula is C28H60N2O5P+. The minimum atomic E-state index is -3.51. The molecule has 1 unspecified atom stereocenters. The second-order valence-corrected chi connectivity index (χ2v) is 12.5. The van der Waals surface area contributed by atoms with Crippen molar-refractivity contribution in [3.05, 3.63) is 0 Å². The first-order valence-corrected chi connectivity index (χ1v) is 16.8. The molecule has 216 valence electrons. The Morgan fingerprint density at radius 3 is 1.61 bits per heavy atom. The smallest absolute Gasteiger partial charge is 0.379 e. The highest BCUT2D eigenvalue weighted by Crippen LogP contribution is 2.38. The van der Waals surface area contributed by atoms with Gasteiger partial charge in [0.15, 0.2) is 0 Å². The van der Waals surface area contributed by atoms with Gasteiger partial charge in [0, 0.05) is 6.61 Å². The molecule has 0 aromatic carbocycles. The van der Waals surface area contributed by atoms with Crippen LogP contribution in [0.3, 0.4) is 0 Å². The van der Waals surface area contributed by atoms with Crippen LogP contribution in [0.15, 0.2) is 0 Å². The van der Waals surface area contributed by atoms with Crippen molar-refractivity contribution in [3.63, 3.8) is 0 Å². The van der Waals surface area contributed by atoms with Crippen LogP contribution in [0.1, 0.15) is 116 Å². The lowest BCUT2D eigenvalue weighted by Crippen LogP contribution is -2.49. The molecule has 1 heterocycles. The van der Waals surface area contributed by atoms with Crippen LogP contribution in [-0.2, 0) is 23.1 Å². The average Bonchev–Trinajstić information content (AvgIpc) is 2.85. The zero-order valence-electron chi connectivity index (χ0n) is 23.9. The van der Waals surface area contributed by atoms with E-state index in [1.807, 2.05) is 0 Å². The lowest BCUT2D eigenvalue weighted by molar-refractivity contribution is -0.914. The molecule has 0 aromatic heterocycles. The maximum Gasteiger partial charge on any atom is 0.403 e. The van der Waals surface area contributed by atoms with E-state index in [-0.39, 0.29) is 6.61 Å². The van der Waals surface area contributed by atoms with Crippen LogP contribution < -0.4 is 5.50 Å². The van der Waals surface area contributed by atoms with Crippen LogP contribution in [0.25, 0.3) is 0 Å². The first kappa shape index (κ1) is 34.0. The minimum absolute atomic E-state index is 0.166. The number of rotatable bonds is 26. The Morgan fingerprint density at radius 2 is 1.06 bits per heavy atom. The Kier molecular flexibility index (Phi) is 21.7. The fourth-order valence-electron chi connectivity index (χ4n) is 4.87. The third kappa shape index (κ3) is 21.0. The van der Waals surface area contributed by atoms with Crippen molar-refractivity contribution < 1.29 is 27.6 Å². The van der Waals surface area contributed by atoms with Gasteiger partial charge in [-0.2, -0.15) is 0 Å². The second kappa shape index (κ2) is 22.9. The third-order valence-electron chi connectivity index (χ3n) is 7.31. The average molecular weight is 536 g/mol. The number of hydrogen-bond acceptors (Lipinski definition) is 5. The van der Waals surface area contributed by atoms with Gasteiger partial charge in [-0.25, -0.2) is 10.1 Å². The van der Waals surface area contributed by atoms with Gasteiger partial charge in [0.25, 0.3) is 0 Å². The molecule has 0 bridgehead atoms. The highest BCUT2D eigenvalue weighted by atomic mass is 31.2. The normalized spacial score (nSPS) is 17.3. The van der Waals surface area contributed by atoms with Gasteiger partial charge in [-0.05, 0) is 25.7 Å². The van der Waals surface area contributed by atoms with Crippen LogP contribution in [-0.4, -0.2) is 70.8 Å². The van der Waals surface area contributed by atoms with E-state index in [4.69, 9.17) is 24.0 Å². The summed E-state index contributed by atoms with van der Waals surface area (Å²) >= 11 is 0. The zero-order valence-corrected chi connectivity index (χ0v) is 24.8. The summed E-state index contributed by atoms with van der Waals surface area (Å²) in [6.45, 7) is 8.12. The van der Waals surface area contributed by atoms with Crippen molar-refractivity contribution in [1.82, 2.24) is 0 Å². The number of likely N-dealkylation sites (tertiary alicyclic amines) is 1. The molecule has 0 amide bonds. The van der Waals surface area contributed by atoms with Gasteiger partial charge in [0.05, 0.1) is 46.6 Å². The monoisotopic (exact) mass is 535 g/mol. The van der Waals surface area contributed by atoms with E-state index in [0.29, 0.717) is 26.4 Å². The van der Waals surface area contributed by atoms with Crippen LogP contribution in [0.2, 0.25) is 0 Å². The number of nitrogens with zero attached hydrogens (tertiary/aromatic N) is 1. The molecule has 0 saturated carbocycles. The number of ether oxygens (including phenoxy) is 2. The van der Waals surface area contributed by atoms with E-state index in [1.54, 1.807) is 0 Å². The minimum Gasteiger partial charge on any atom is -0.379 e. The molecule has 0 radical (unpaired) electrons. The number of hydrogen-bond donors (Lipinski definition) is 1. The first-order valence-electron chi connectivity index (χ1n) is 15.1. The summed E-state index contributed by atoms with van der Waals surface area (Å²) in [6.07, 6.45) is 22.9. The number of nitrogens with two attached hydrogens (primary N) is 1. The van der Waals surface area contributed by atoms with E-state index in [1.165, 1.54) is 103 Å². The van der Waals surface area contributed by atoms with E-state index in [0.717, 1.165) is 37.1 Å². The molecule has 8 heteroatoms. The first-order chi connectivity index (χ1) is 17.5. The molecule has 1 fully saturated rings. The fraction of sp³-hybridized carbons (Fsp3) is 1.00. The Bertz CT molecular complexity index is 532. The van der Waals surface area contributed by atoms with Crippen molar-refractivity contribution in [1.29, 1.82) is 0 Å². The Labute approximate surface area is 223 Å². The summed E-state index contributed by atoms with van der Waals surface area (Å²) in [5.74, 6) is 0. The SMILES string of the molecule is CCCCCCCCCCCCCCCCOCCOCCOP(N)(=O)OCC[N+]1(C)CCCCC1. The molecule has 36 heavy (non-hydrogen) atoms. The maximum atomic E-state index is 12.2. The number of unbranched alkanes of at least 4 members (excludes halogenated alkanes) is 13. The van der Waals surface area contributed by atoms with Crippen molar-refractivity contribution in [3.8, 4) is 0 Å². The second-order valence-electron chi connectivity index (χ2n) is 10.9. The molecule has 1 aliphatic rings. The van der Waals surface area contributed by atoms with E-state index in [9.17, 15) is 4.57 Å². The van der Waals surface area contributed by atoms with Gasteiger partial charge in [0.2, 0.25) is 0 Å². The van der Waals surface area contributed by atoms with Crippen LogP contribution >= 0.6 is 7.75 Å². The molecule has 0 spiro atoms. The van der Waals surface area contributed by atoms with Gasteiger partial charge in [0.1, 0.15) is 13.2 Å². The number of piperidine rings is 1. The summed E-state index contributed by atoms with van der Waals surface area (Å²) < 4.78 is 34.9. The van der Waals surface area contributed by atoms with E-state index >= 15 is 0 Å². The lowest BCUT2D eigenvalue weighted by Gasteiger charge is -2.37. The van der Waals surface area contributed by atoms with E-state index in [2.05, 4.69) is 14.0 Å². The van der Waals surface area contributed by atoms with Gasteiger partial charge in [-0.3, -0.25) is 9.05 Å². The summed E-state index contributed by atoms with van der Waals surface area (Å²) in [6, 6.07) is 0. The zero-order chi connectivity index (χ0) is 26.2. The molecule has 1 aliphatic heterocycles. The van der Waals surface area contributed by atoms with Crippen LogP contribution in [0.4, 0.5) is 0 Å². The van der Waals surface area contributed by atoms with Gasteiger partial charge < -0.3 is 14.0 Å². The fourth-order valence-corrected chi connectivity index (χ4v) is 5.61. The summed E-state index contributed by atoms with van der Waals surface area (Å²) in [5.41, 5.74) is 5.68. The number of likely N-dealkylation sites (N-methyl/N-ethyl adjacent to an activating group) is 1. The molecule has 2 N–H and O–H groups in total. The molecular weight excluding hydrogens is 475 g/mol. The van der Waals surface area contributed by atoms with Crippen molar-refractivity contribution in [2.24, 2.45) is 5.50 Å². The maximum absolute atomic E-state index is 12.2. The lowest BCUT2D eigenvalue weighted by atomic mass is 10.0. The third-order valence-corrected chi connectivity index (χ3v) is 8.40. The van der Waals surface area contributed by atoms with Crippen LogP contribution in [0, 0.1) is 0 Å². The van der Waals surface area contributed by atoms with Crippen molar-refractivity contribution in [2.75, 3.05) is 66.3 Å². The highest BCUT2D eigenvalue weighted by Gasteiger charge is 2.26. The molecule has 7 nitrogen and oxygen atoms in total. The summed E-state index contributed by atoms with van der Waals surface area (Å²) in [4.78, 5) is 0. The topological polar surface area (TPSA) is 80.0 Å². The quantitative estimate of drug-likeness (QED) is 0.0715. The van der Waals surface area contributed by atoms with Crippen molar-refractivity contribution >= 4 is 7.75 Å². The Hall–Kier alpha value is -0.0100. The predicted octanol–water partition coefficient (Wildman–Crippen LogP) is 7.23. The largest absolute Gasteiger partial charge is 0.403 e. The molecule has 0 aromatic rings. The van der Waals surface area contributed by atoms with Gasteiger partial charge >= 0.3 is 7.75 Å².